The van der Waals surface area contributed by atoms with Crippen molar-refractivity contribution in [3.8, 4) is 0 Å². The smallest absolute Gasteiger partial charge is 0.140 e. The minimum atomic E-state index is 0.723. The van der Waals surface area contributed by atoms with Gasteiger partial charge in [0.25, 0.3) is 0 Å². The standard InChI is InChI=1S/C11H22N4S/c1-4-7-15-11(13-9-14-15)8-12-6-5-10(2)16-3/h9-10,12H,4-8H2,1-3H3. The molecule has 1 heterocycles. The second kappa shape index (κ2) is 7.68. The fourth-order valence-electron chi connectivity index (χ4n) is 1.45. The van der Waals surface area contributed by atoms with Gasteiger partial charge >= 0.3 is 0 Å². The summed E-state index contributed by atoms with van der Waals surface area (Å²) in [5, 5.41) is 8.34. The molecule has 1 atom stereocenters. The van der Waals surface area contributed by atoms with Crippen LogP contribution in [0.1, 0.15) is 32.5 Å². The molecule has 0 saturated carbocycles. The first-order chi connectivity index (χ1) is 7.77. The molecule has 0 bridgehead atoms. The summed E-state index contributed by atoms with van der Waals surface area (Å²) in [7, 11) is 0. The van der Waals surface area contributed by atoms with Crippen molar-refractivity contribution in [2.45, 2.75) is 45.0 Å². The van der Waals surface area contributed by atoms with Crippen molar-refractivity contribution in [2.75, 3.05) is 12.8 Å². The lowest BCUT2D eigenvalue weighted by Crippen LogP contribution is -2.20. The predicted octanol–water partition coefficient (Wildman–Crippen LogP) is 1.92. The molecule has 16 heavy (non-hydrogen) atoms. The van der Waals surface area contributed by atoms with Crippen LogP contribution in [0.5, 0.6) is 0 Å². The van der Waals surface area contributed by atoms with Gasteiger partial charge in [-0.1, -0.05) is 13.8 Å². The van der Waals surface area contributed by atoms with Gasteiger partial charge in [0.1, 0.15) is 12.2 Å². The summed E-state index contributed by atoms with van der Waals surface area (Å²) in [4.78, 5) is 4.26. The van der Waals surface area contributed by atoms with Crippen molar-refractivity contribution < 1.29 is 0 Å². The zero-order chi connectivity index (χ0) is 11.8. The van der Waals surface area contributed by atoms with Crippen LogP contribution in [0.3, 0.4) is 0 Å². The van der Waals surface area contributed by atoms with E-state index in [2.05, 4.69) is 35.5 Å². The zero-order valence-corrected chi connectivity index (χ0v) is 11.3. The number of nitrogens with zero attached hydrogens (tertiary/aromatic N) is 3. The molecule has 1 rings (SSSR count). The third-order valence-electron chi connectivity index (χ3n) is 2.54. The van der Waals surface area contributed by atoms with Gasteiger partial charge in [-0.3, -0.25) is 0 Å². The van der Waals surface area contributed by atoms with Crippen molar-refractivity contribution in [2.24, 2.45) is 0 Å². The molecule has 1 N–H and O–H groups in total. The van der Waals surface area contributed by atoms with Crippen molar-refractivity contribution in [1.82, 2.24) is 20.1 Å². The Morgan fingerprint density at radius 3 is 3.06 bits per heavy atom. The number of thioether (sulfide) groups is 1. The normalized spacial score (nSPS) is 12.9. The average Bonchev–Trinajstić information content (AvgIpc) is 2.72. The predicted molar refractivity (Wildman–Crippen MR) is 69.6 cm³/mol. The van der Waals surface area contributed by atoms with Crippen LogP contribution in [0.15, 0.2) is 6.33 Å². The lowest BCUT2D eigenvalue weighted by molar-refractivity contribution is 0.538. The molecule has 4 nitrogen and oxygen atoms in total. The third-order valence-corrected chi connectivity index (χ3v) is 3.58. The van der Waals surface area contributed by atoms with Crippen molar-refractivity contribution in [1.29, 1.82) is 0 Å². The molecule has 0 aliphatic rings. The van der Waals surface area contributed by atoms with Gasteiger partial charge in [0.15, 0.2) is 0 Å². The summed E-state index contributed by atoms with van der Waals surface area (Å²) in [6.45, 7) is 7.23. The number of hydrogen-bond donors (Lipinski definition) is 1. The lowest BCUT2D eigenvalue weighted by atomic mass is 10.3. The fraction of sp³-hybridized carbons (Fsp3) is 0.818. The molecule has 0 fully saturated rings. The number of aryl methyl sites for hydroxylation is 1. The van der Waals surface area contributed by atoms with Crippen LogP contribution >= 0.6 is 11.8 Å². The molecular formula is C11H22N4S. The molecule has 0 radical (unpaired) electrons. The summed E-state index contributed by atoms with van der Waals surface area (Å²) in [5.41, 5.74) is 0. The zero-order valence-electron chi connectivity index (χ0n) is 10.4. The van der Waals surface area contributed by atoms with Gasteiger partial charge in [-0.15, -0.1) is 0 Å². The Balaban J connectivity index is 2.23. The number of rotatable bonds is 8. The Bertz CT molecular complexity index is 287. The van der Waals surface area contributed by atoms with E-state index in [1.165, 1.54) is 6.42 Å². The van der Waals surface area contributed by atoms with Crippen molar-refractivity contribution in [3.63, 3.8) is 0 Å². The second-order valence-electron chi connectivity index (χ2n) is 3.91. The van der Waals surface area contributed by atoms with Crippen LogP contribution in [0.4, 0.5) is 0 Å². The largest absolute Gasteiger partial charge is 0.310 e. The number of aromatic nitrogens is 3. The number of nitrogens with one attached hydrogen (secondary N) is 1. The van der Waals surface area contributed by atoms with Gasteiger partial charge in [-0.05, 0) is 25.6 Å². The minimum Gasteiger partial charge on any atom is -0.310 e. The van der Waals surface area contributed by atoms with Crippen LogP contribution in [0.2, 0.25) is 0 Å². The summed E-state index contributed by atoms with van der Waals surface area (Å²) < 4.78 is 1.98. The van der Waals surface area contributed by atoms with Crippen molar-refractivity contribution >= 4 is 11.8 Å². The first kappa shape index (κ1) is 13.5. The maximum absolute atomic E-state index is 4.26. The molecule has 1 unspecified atom stereocenters. The first-order valence-corrected chi connectivity index (χ1v) is 7.17. The Kier molecular flexibility index (Phi) is 6.49. The van der Waals surface area contributed by atoms with E-state index in [0.717, 1.165) is 37.1 Å². The van der Waals surface area contributed by atoms with E-state index < -0.39 is 0 Å². The van der Waals surface area contributed by atoms with E-state index in [9.17, 15) is 0 Å². The minimum absolute atomic E-state index is 0.723. The van der Waals surface area contributed by atoms with E-state index >= 15 is 0 Å². The number of hydrogen-bond acceptors (Lipinski definition) is 4. The summed E-state index contributed by atoms with van der Waals surface area (Å²) in [6.07, 6.45) is 6.09. The van der Waals surface area contributed by atoms with E-state index in [1.54, 1.807) is 6.33 Å². The van der Waals surface area contributed by atoms with Gasteiger partial charge < -0.3 is 5.32 Å². The summed E-state index contributed by atoms with van der Waals surface area (Å²) >= 11 is 1.91. The molecule has 0 aliphatic carbocycles. The topological polar surface area (TPSA) is 42.7 Å². The highest BCUT2D eigenvalue weighted by Crippen LogP contribution is 2.08. The van der Waals surface area contributed by atoms with E-state index in [4.69, 9.17) is 0 Å². The van der Waals surface area contributed by atoms with Gasteiger partial charge in [0.05, 0.1) is 6.54 Å². The first-order valence-electron chi connectivity index (χ1n) is 5.88. The second-order valence-corrected chi connectivity index (χ2v) is 5.19. The highest BCUT2D eigenvalue weighted by molar-refractivity contribution is 7.99. The molecule has 0 amide bonds. The molecule has 0 aliphatic heterocycles. The quantitative estimate of drug-likeness (QED) is 0.707. The Morgan fingerprint density at radius 2 is 2.38 bits per heavy atom. The molecule has 1 aromatic heterocycles. The molecule has 0 aromatic carbocycles. The maximum atomic E-state index is 4.26. The van der Waals surface area contributed by atoms with Gasteiger partial charge in [0, 0.05) is 11.8 Å². The highest BCUT2D eigenvalue weighted by Gasteiger charge is 2.03. The van der Waals surface area contributed by atoms with Crippen LogP contribution < -0.4 is 5.32 Å². The Morgan fingerprint density at radius 1 is 1.56 bits per heavy atom. The van der Waals surface area contributed by atoms with Crippen LogP contribution in [0, 0.1) is 0 Å². The maximum Gasteiger partial charge on any atom is 0.140 e. The summed E-state index contributed by atoms with van der Waals surface area (Å²) in [5.74, 6) is 1.04. The van der Waals surface area contributed by atoms with Gasteiger partial charge in [0.2, 0.25) is 0 Å². The van der Waals surface area contributed by atoms with Gasteiger partial charge in [-0.25, -0.2) is 9.67 Å². The van der Waals surface area contributed by atoms with Gasteiger partial charge in [-0.2, -0.15) is 16.9 Å². The lowest BCUT2D eigenvalue weighted by Gasteiger charge is -2.09. The van der Waals surface area contributed by atoms with E-state index in [1.807, 2.05) is 16.4 Å². The monoisotopic (exact) mass is 242 g/mol. The SMILES string of the molecule is CCCn1ncnc1CNCCC(C)SC. The molecule has 0 spiro atoms. The molecule has 5 heteroatoms. The highest BCUT2D eigenvalue weighted by atomic mass is 32.2. The summed E-state index contributed by atoms with van der Waals surface area (Å²) in [6, 6.07) is 0. The third kappa shape index (κ3) is 4.53. The molecule has 92 valence electrons. The fourth-order valence-corrected chi connectivity index (χ4v) is 1.80. The van der Waals surface area contributed by atoms with E-state index in [0.29, 0.717) is 0 Å². The Labute approximate surface area is 102 Å². The van der Waals surface area contributed by atoms with E-state index in [-0.39, 0.29) is 0 Å². The molecule has 0 saturated heterocycles. The van der Waals surface area contributed by atoms with Crippen LogP contribution in [-0.2, 0) is 13.1 Å². The average molecular weight is 242 g/mol. The Hall–Kier alpha value is -0.550. The molecule has 1 aromatic rings. The molecular weight excluding hydrogens is 220 g/mol. The van der Waals surface area contributed by atoms with Crippen LogP contribution in [0.25, 0.3) is 0 Å². The van der Waals surface area contributed by atoms with Crippen molar-refractivity contribution in [3.05, 3.63) is 12.2 Å². The van der Waals surface area contributed by atoms with Crippen LogP contribution in [-0.4, -0.2) is 32.8 Å².